The Bertz CT molecular complexity index is 511. The van der Waals surface area contributed by atoms with Crippen LogP contribution >= 0.6 is 0 Å². The van der Waals surface area contributed by atoms with Crippen molar-refractivity contribution in [3.05, 3.63) is 54.2 Å². The zero-order valence-corrected chi connectivity index (χ0v) is 9.56. The number of amides is 1. The molecule has 1 amide bonds. The molecule has 4 nitrogen and oxygen atoms in total. The summed E-state index contributed by atoms with van der Waals surface area (Å²) < 4.78 is 23.3. The van der Waals surface area contributed by atoms with Gasteiger partial charge in [-0.25, -0.2) is 4.39 Å². The lowest BCUT2D eigenvalue weighted by atomic mass is 10.3. The molecule has 0 fully saturated rings. The largest absolute Gasteiger partial charge is 0.481 e. The van der Waals surface area contributed by atoms with Crippen LogP contribution in [-0.2, 0) is 11.3 Å². The average Bonchev–Trinajstić information content (AvgIpc) is 2.88. The summed E-state index contributed by atoms with van der Waals surface area (Å²) in [5, 5.41) is 2.59. The second-order valence-corrected chi connectivity index (χ2v) is 3.58. The molecular weight excluding hydrogens is 237 g/mol. The highest BCUT2D eigenvalue weighted by Crippen LogP contribution is 2.14. The van der Waals surface area contributed by atoms with Gasteiger partial charge in [0, 0.05) is 0 Å². The second-order valence-electron chi connectivity index (χ2n) is 3.58. The Morgan fingerprint density at radius 2 is 2.11 bits per heavy atom. The molecule has 0 saturated heterocycles. The lowest BCUT2D eigenvalue weighted by Gasteiger charge is -2.07. The van der Waals surface area contributed by atoms with Crippen molar-refractivity contribution in [3.8, 4) is 5.75 Å². The molecule has 1 aromatic heterocycles. The Kier molecular flexibility index (Phi) is 3.96. The van der Waals surface area contributed by atoms with E-state index in [2.05, 4.69) is 5.32 Å². The molecular formula is C13H12FNO3. The van der Waals surface area contributed by atoms with E-state index in [0.717, 1.165) is 0 Å². The van der Waals surface area contributed by atoms with Gasteiger partial charge >= 0.3 is 0 Å². The van der Waals surface area contributed by atoms with Crippen LogP contribution in [-0.4, -0.2) is 12.5 Å². The van der Waals surface area contributed by atoms with E-state index < -0.39 is 5.82 Å². The molecule has 94 valence electrons. The van der Waals surface area contributed by atoms with Crippen LogP contribution in [0.2, 0.25) is 0 Å². The number of nitrogens with one attached hydrogen (secondary N) is 1. The lowest BCUT2D eigenvalue weighted by Crippen LogP contribution is -2.28. The number of carbonyl (C=O) groups is 1. The standard InChI is InChI=1S/C13H12FNO3/c14-11-5-1-2-6-12(11)18-9-13(16)15-8-10-4-3-7-17-10/h1-7H,8-9H2,(H,15,16). The van der Waals surface area contributed by atoms with Gasteiger partial charge in [-0.15, -0.1) is 0 Å². The van der Waals surface area contributed by atoms with Crippen LogP contribution < -0.4 is 10.1 Å². The monoisotopic (exact) mass is 249 g/mol. The number of para-hydroxylation sites is 1. The van der Waals surface area contributed by atoms with Gasteiger partial charge in [0.05, 0.1) is 12.8 Å². The van der Waals surface area contributed by atoms with Crippen molar-refractivity contribution >= 4 is 5.91 Å². The summed E-state index contributed by atoms with van der Waals surface area (Å²) in [5.41, 5.74) is 0. The van der Waals surface area contributed by atoms with E-state index in [4.69, 9.17) is 9.15 Å². The molecule has 0 aliphatic carbocycles. The lowest BCUT2D eigenvalue weighted by molar-refractivity contribution is -0.123. The van der Waals surface area contributed by atoms with E-state index in [1.54, 1.807) is 24.3 Å². The first-order valence-electron chi connectivity index (χ1n) is 5.42. The minimum Gasteiger partial charge on any atom is -0.481 e. The van der Waals surface area contributed by atoms with Gasteiger partial charge in [-0.1, -0.05) is 12.1 Å². The Morgan fingerprint density at radius 3 is 2.83 bits per heavy atom. The third-order valence-electron chi connectivity index (χ3n) is 2.24. The maximum absolute atomic E-state index is 13.2. The topological polar surface area (TPSA) is 51.5 Å². The van der Waals surface area contributed by atoms with Gasteiger partial charge in [0.15, 0.2) is 18.2 Å². The van der Waals surface area contributed by atoms with E-state index in [-0.39, 0.29) is 24.8 Å². The molecule has 2 rings (SSSR count). The van der Waals surface area contributed by atoms with E-state index in [0.29, 0.717) is 5.76 Å². The fraction of sp³-hybridized carbons (Fsp3) is 0.154. The highest BCUT2D eigenvalue weighted by molar-refractivity contribution is 5.77. The molecule has 0 bridgehead atoms. The Hall–Kier alpha value is -2.30. The number of halogens is 1. The van der Waals surface area contributed by atoms with Crippen molar-refractivity contribution in [2.75, 3.05) is 6.61 Å². The van der Waals surface area contributed by atoms with E-state index in [9.17, 15) is 9.18 Å². The average molecular weight is 249 g/mol. The first kappa shape index (κ1) is 12.2. The summed E-state index contributed by atoms with van der Waals surface area (Å²) in [6.45, 7) is 0.0497. The second kappa shape index (κ2) is 5.86. The van der Waals surface area contributed by atoms with Crippen molar-refractivity contribution in [2.24, 2.45) is 0 Å². The SMILES string of the molecule is O=C(COc1ccccc1F)NCc1ccco1. The zero-order chi connectivity index (χ0) is 12.8. The molecule has 0 saturated carbocycles. The van der Waals surface area contributed by atoms with Crippen LogP contribution in [0.15, 0.2) is 47.1 Å². The molecule has 0 unspecified atom stereocenters. The van der Waals surface area contributed by atoms with Crippen molar-refractivity contribution in [1.29, 1.82) is 0 Å². The Labute approximate surface area is 103 Å². The van der Waals surface area contributed by atoms with Gasteiger partial charge in [-0.3, -0.25) is 4.79 Å². The van der Waals surface area contributed by atoms with Crippen LogP contribution in [0.25, 0.3) is 0 Å². The summed E-state index contributed by atoms with van der Waals surface area (Å²) >= 11 is 0. The fourth-order valence-corrected chi connectivity index (χ4v) is 1.35. The molecule has 0 aliphatic heterocycles. The van der Waals surface area contributed by atoms with Crippen molar-refractivity contribution < 1.29 is 18.3 Å². The van der Waals surface area contributed by atoms with Crippen LogP contribution in [0.4, 0.5) is 4.39 Å². The molecule has 1 heterocycles. The first-order chi connectivity index (χ1) is 8.75. The number of hydrogen-bond acceptors (Lipinski definition) is 3. The van der Waals surface area contributed by atoms with Crippen LogP contribution in [0.1, 0.15) is 5.76 Å². The minimum atomic E-state index is -0.490. The first-order valence-corrected chi connectivity index (χ1v) is 5.42. The Balaban J connectivity index is 1.77. The van der Waals surface area contributed by atoms with Crippen LogP contribution in [0.5, 0.6) is 5.75 Å². The van der Waals surface area contributed by atoms with E-state index >= 15 is 0 Å². The minimum absolute atomic E-state index is 0.0608. The molecule has 0 spiro atoms. The fourth-order valence-electron chi connectivity index (χ4n) is 1.35. The highest BCUT2D eigenvalue weighted by Gasteiger charge is 2.06. The number of furan rings is 1. The summed E-state index contributed by atoms with van der Waals surface area (Å²) in [6.07, 6.45) is 1.53. The smallest absolute Gasteiger partial charge is 0.258 e. The summed E-state index contributed by atoms with van der Waals surface area (Å²) in [7, 11) is 0. The number of benzene rings is 1. The van der Waals surface area contributed by atoms with Crippen molar-refractivity contribution in [3.63, 3.8) is 0 Å². The van der Waals surface area contributed by atoms with Gasteiger partial charge in [-0.05, 0) is 24.3 Å². The molecule has 1 N–H and O–H groups in total. The summed E-state index contributed by atoms with van der Waals surface area (Å²) in [4.78, 5) is 11.4. The van der Waals surface area contributed by atoms with Crippen LogP contribution in [0.3, 0.4) is 0 Å². The van der Waals surface area contributed by atoms with Crippen LogP contribution in [0, 0.1) is 5.82 Å². The third-order valence-corrected chi connectivity index (χ3v) is 2.24. The predicted molar refractivity (Wildman–Crippen MR) is 62.4 cm³/mol. The van der Waals surface area contributed by atoms with Gasteiger partial charge in [-0.2, -0.15) is 0 Å². The van der Waals surface area contributed by atoms with Gasteiger partial charge < -0.3 is 14.5 Å². The molecule has 0 atom stereocenters. The molecule has 5 heteroatoms. The number of carbonyl (C=O) groups excluding carboxylic acids is 1. The predicted octanol–water partition coefficient (Wildman–Crippen LogP) is 2.11. The highest BCUT2D eigenvalue weighted by atomic mass is 19.1. The van der Waals surface area contributed by atoms with E-state index in [1.807, 2.05) is 0 Å². The molecule has 0 radical (unpaired) electrons. The maximum Gasteiger partial charge on any atom is 0.258 e. The van der Waals surface area contributed by atoms with Gasteiger partial charge in [0.25, 0.3) is 5.91 Å². The van der Waals surface area contributed by atoms with Crippen molar-refractivity contribution in [2.45, 2.75) is 6.54 Å². The molecule has 2 aromatic rings. The van der Waals surface area contributed by atoms with E-state index in [1.165, 1.54) is 18.4 Å². The molecule has 0 aliphatic rings. The summed E-state index contributed by atoms with van der Waals surface area (Å²) in [6, 6.07) is 9.42. The number of hydrogen-bond donors (Lipinski definition) is 1. The third kappa shape index (κ3) is 3.35. The molecule has 1 aromatic carbocycles. The summed E-state index contributed by atoms with van der Waals surface area (Å²) in [5.74, 6) is -0.120. The molecule has 18 heavy (non-hydrogen) atoms. The number of rotatable bonds is 5. The van der Waals surface area contributed by atoms with Crippen molar-refractivity contribution in [1.82, 2.24) is 5.32 Å². The maximum atomic E-state index is 13.2. The van der Waals surface area contributed by atoms with Gasteiger partial charge in [0.2, 0.25) is 0 Å². The zero-order valence-electron chi connectivity index (χ0n) is 9.56. The quantitative estimate of drug-likeness (QED) is 0.883. The normalized spacial score (nSPS) is 10.1. The van der Waals surface area contributed by atoms with Gasteiger partial charge in [0.1, 0.15) is 5.76 Å². The Morgan fingerprint density at radius 1 is 1.28 bits per heavy atom. The number of ether oxygens (including phenoxy) is 1.